The first kappa shape index (κ1) is 17.4. The number of rotatable bonds is 6. The fourth-order valence-electron chi connectivity index (χ4n) is 1.16. The minimum Gasteiger partial charge on any atom is -0.480 e. The molecule has 0 saturated carbocycles. The van der Waals surface area contributed by atoms with E-state index in [-0.39, 0.29) is 18.9 Å². The quantitative estimate of drug-likeness (QED) is 0.520. The number of carbonyl (C=O) groups excluding carboxylic acids is 2. The Hall–Kier alpha value is -1.63. The molecule has 0 aromatic heterocycles. The van der Waals surface area contributed by atoms with Crippen LogP contribution in [0.25, 0.3) is 0 Å². The van der Waals surface area contributed by atoms with E-state index in [1.54, 1.807) is 20.8 Å². The minimum atomic E-state index is -1.23. The Morgan fingerprint density at radius 1 is 1.16 bits per heavy atom. The van der Waals surface area contributed by atoms with E-state index in [9.17, 15) is 14.4 Å². The van der Waals surface area contributed by atoms with Gasteiger partial charge in [-0.2, -0.15) is 0 Å². The van der Waals surface area contributed by atoms with Crippen LogP contribution in [-0.2, 0) is 14.4 Å². The first-order valence-corrected chi connectivity index (χ1v) is 6.04. The van der Waals surface area contributed by atoms with E-state index < -0.39 is 29.4 Å². The molecule has 19 heavy (non-hydrogen) atoms. The van der Waals surface area contributed by atoms with Gasteiger partial charge in [0.1, 0.15) is 12.1 Å². The molecule has 0 fully saturated rings. The van der Waals surface area contributed by atoms with Crippen LogP contribution in [0.3, 0.4) is 0 Å². The van der Waals surface area contributed by atoms with Gasteiger partial charge in [-0.1, -0.05) is 20.8 Å². The molecule has 2 amide bonds. The molecule has 0 rings (SSSR count). The molecule has 0 radical (unpaired) electrons. The van der Waals surface area contributed by atoms with E-state index >= 15 is 0 Å². The van der Waals surface area contributed by atoms with Crippen LogP contribution in [0, 0.1) is 5.41 Å². The summed E-state index contributed by atoms with van der Waals surface area (Å²) in [6.07, 6.45) is -0.0823. The summed E-state index contributed by atoms with van der Waals surface area (Å²) in [5.74, 6) is -2.13. The molecule has 7 heteroatoms. The zero-order chi connectivity index (χ0) is 15.2. The molecule has 2 unspecified atom stereocenters. The number of hydrogen-bond acceptors (Lipinski definition) is 4. The third-order valence-electron chi connectivity index (χ3n) is 2.45. The lowest BCUT2D eigenvalue weighted by atomic mass is 9.95. The first-order valence-electron chi connectivity index (χ1n) is 6.04. The number of amides is 2. The summed E-state index contributed by atoms with van der Waals surface area (Å²) >= 11 is 0. The van der Waals surface area contributed by atoms with Gasteiger partial charge in [0.25, 0.3) is 0 Å². The summed E-state index contributed by atoms with van der Waals surface area (Å²) < 4.78 is 0. The van der Waals surface area contributed by atoms with Crippen molar-refractivity contribution in [2.24, 2.45) is 5.41 Å². The van der Waals surface area contributed by atoms with Gasteiger partial charge in [0.2, 0.25) is 11.8 Å². The van der Waals surface area contributed by atoms with Gasteiger partial charge in [-0.05, 0) is 6.92 Å². The van der Waals surface area contributed by atoms with Gasteiger partial charge in [-0.15, -0.1) is 0 Å². The molecule has 0 aliphatic carbocycles. The van der Waals surface area contributed by atoms with Gasteiger partial charge in [0.15, 0.2) is 0 Å². The van der Waals surface area contributed by atoms with Crippen LogP contribution in [0.2, 0.25) is 0 Å². The molecule has 4 N–H and O–H groups in total. The second-order valence-corrected chi connectivity index (χ2v) is 5.36. The van der Waals surface area contributed by atoms with Crippen molar-refractivity contribution >= 4 is 17.8 Å². The highest BCUT2D eigenvalue weighted by Crippen LogP contribution is 2.12. The number of nitrogens with one attached hydrogen (secondary N) is 2. The highest BCUT2D eigenvalue weighted by Gasteiger charge is 2.27. The molecule has 0 aliphatic heterocycles. The lowest BCUT2D eigenvalue weighted by molar-refractivity contribution is -0.142. The SMILES string of the molecule is CC(NC(=O)C(C)(C)C)C(=O)NC(CCO)C(=O)O. The number of aliphatic hydroxyl groups is 1. The molecule has 2 atom stereocenters. The summed E-state index contributed by atoms with van der Waals surface area (Å²) in [7, 11) is 0. The first-order chi connectivity index (χ1) is 8.59. The Kier molecular flexibility index (Phi) is 6.47. The van der Waals surface area contributed by atoms with Gasteiger partial charge < -0.3 is 20.8 Å². The standard InChI is InChI=1S/C12H22N2O5/c1-7(13-11(19)12(2,3)4)9(16)14-8(5-6-15)10(17)18/h7-8,15H,5-6H2,1-4H3,(H,13,19)(H,14,16)(H,17,18). The Balaban J connectivity index is 4.49. The predicted molar refractivity (Wildman–Crippen MR) is 68.3 cm³/mol. The van der Waals surface area contributed by atoms with E-state index in [0.29, 0.717) is 0 Å². The van der Waals surface area contributed by atoms with Gasteiger partial charge in [-0.25, -0.2) is 4.79 Å². The van der Waals surface area contributed by atoms with Crippen LogP contribution in [0.1, 0.15) is 34.1 Å². The number of aliphatic carboxylic acids is 1. The minimum absolute atomic E-state index is 0.0823. The van der Waals surface area contributed by atoms with Crippen LogP contribution >= 0.6 is 0 Å². The van der Waals surface area contributed by atoms with Crippen LogP contribution in [-0.4, -0.2) is 46.7 Å². The lowest BCUT2D eigenvalue weighted by Gasteiger charge is -2.22. The average molecular weight is 274 g/mol. The van der Waals surface area contributed by atoms with Crippen molar-refractivity contribution in [1.82, 2.24) is 10.6 Å². The predicted octanol–water partition coefficient (Wildman–Crippen LogP) is -0.511. The topological polar surface area (TPSA) is 116 Å². The molecule has 0 saturated heterocycles. The van der Waals surface area contributed by atoms with Gasteiger partial charge in [-0.3, -0.25) is 9.59 Å². The number of carbonyl (C=O) groups is 3. The van der Waals surface area contributed by atoms with Crippen molar-refractivity contribution in [3.05, 3.63) is 0 Å². The van der Waals surface area contributed by atoms with Gasteiger partial charge in [0.05, 0.1) is 0 Å². The Morgan fingerprint density at radius 2 is 1.68 bits per heavy atom. The number of aliphatic hydroxyl groups excluding tert-OH is 1. The summed E-state index contributed by atoms with van der Waals surface area (Å²) in [5, 5.41) is 22.3. The van der Waals surface area contributed by atoms with Gasteiger partial charge in [0, 0.05) is 18.4 Å². The van der Waals surface area contributed by atoms with Crippen LogP contribution in [0.15, 0.2) is 0 Å². The van der Waals surface area contributed by atoms with Crippen LogP contribution in [0.4, 0.5) is 0 Å². The maximum Gasteiger partial charge on any atom is 0.326 e. The number of carboxylic acids is 1. The second kappa shape index (κ2) is 7.08. The average Bonchev–Trinajstić information content (AvgIpc) is 2.26. The van der Waals surface area contributed by atoms with Gasteiger partial charge >= 0.3 is 5.97 Å². The maximum atomic E-state index is 11.7. The van der Waals surface area contributed by atoms with E-state index in [4.69, 9.17) is 10.2 Å². The third-order valence-corrected chi connectivity index (χ3v) is 2.45. The van der Waals surface area contributed by atoms with Crippen molar-refractivity contribution in [3.8, 4) is 0 Å². The fraction of sp³-hybridized carbons (Fsp3) is 0.750. The maximum absolute atomic E-state index is 11.7. The third kappa shape index (κ3) is 6.19. The normalized spacial score (nSPS) is 14.4. The zero-order valence-corrected chi connectivity index (χ0v) is 11.7. The number of carboxylic acid groups (broad SMARTS) is 1. The lowest BCUT2D eigenvalue weighted by Crippen LogP contribution is -2.52. The summed E-state index contributed by atoms with van der Waals surface area (Å²) in [6, 6.07) is -2.00. The highest BCUT2D eigenvalue weighted by atomic mass is 16.4. The molecule has 7 nitrogen and oxygen atoms in total. The molecular weight excluding hydrogens is 252 g/mol. The smallest absolute Gasteiger partial charge is 0.326 e. The van der Waals surface area contributed by atoms with Crippen molar-refractivity contribution in [2.45, 2.75) is 46.2 Å². The molecular formula is C12H22N2O5. The van der Waals surface area contributed by atoms with Crippen LogP contribution in [0.5, 0.6) is 0 Å². The Labute approximate surface area is 112 Å². The Morgan fingerprint density at radius 3 is 2.05 bits per heavy atom. The van der Waals surface area contributed by atoms with E-state index in [0.717, 1.165) is 0 Å². The van der Waals surface area contributed by atoms with E-state index in [2.05, 4.69) is 10.6 Å². The van der Waals surface area contributed by atoms with Crippen molar-refractivity contribution < 1.29 is 24.6 Å². The summed E-state index contributed by atoms with van der Waals surface area (Å²) in [5.41, 5.74) is -0.633. The van der Waals surface area contributed by atoms with Crippen molar-refractivity contribution in [2.75, 3.05) is 6.61 Å². The largest absolute Gasteiger partial charge is 0.480 e. The zero-order valence-electron chi connectivity index (χ0n) is 11.7. The molecule has 0 aromatic carbocycles. The molecule has 0 spiro atoms. The van der Waals surface area contributed by atoms with Crippen molar-refractivity contribution in [3.63, 3.8) is 0 Å². The van der Waals surface area contributed by atoms with Crippen LogP contribution < -0.4 is 10.6 Å². The molecule has 0 aliphatic rings. The number of hydrogen-bond donors (Lipinski definition) is 4. The van der Waals surface area contributed by atoms with E-state index in [1.165, 1.54) is 6.92 Å². The second-order valence-electron chi connectivity index (χ2n) is 5.36. The molecule has 0 aromatic rings. The summed E-state index contributed by atoms with van der Waals surface area (Å²) in [6.45, 7) is 6.24. The monoisotopic (exact) mass is 274 g/mol. The highest BCUT2D eigenvalue weighted by molar-refractivity contribution is 5.91. The Bertz CT molecular complexity index is 349. The van der Waals surface area contributed by atoms with E-state index in [1.807, 2.05) is 0 Å². The van der Waals surface area contributed by atoms with Crippen molar-refractivity contribution in [1.29, 1.82) is 0 Å². The summed E-state index contributed by atoms with van der Waals surface area (Å²) in [4.78, 5) is 34.2. The fourth-order valence-corrected chi connectivity index (χ4v) is 1.16. The molecule has 0 heterocycles. The molecule has 110 valence electrons. The molecule has 0 bridgehead atoms.